The van der Waals surface area contributed by atoms with E-state index in [2.05, 4.69) is 12.2 Å². The number of hydrogen-bond donors (Lipinski definition) is 1. The van der Waals surface area contributed by atoms with E-state index in [0.29, 0.717) is 22.9 Å². The molecule has 0 amide bonds. The van der Waals surface area contributed by atoms with Gasteiger partial charge in [0.1, 0.15) is 5.75 Å². The van der Waals surface area contributed by atoms with Crippen molar-refractivity contribution in [3.63, 3.8) is 0 Å². The summed E-state index contributed by atoms with van der Waals surface area (Å²) < 4.78 is 5.82. The molecule has 0 bridgehead atoms. The minimum Gasteiger partial charge on any atom is -0.493 e. The van der Waals surface area contributed by atoms with Gasteiger partial charge in [0.2, 0.25) is 0 Å². The Kier molecular flexibility index (Phi) is 5.65. The Morgan fingerprint density at radius 3 is 2.86 bits per heavy atom. The smallest absolute Gasteiger partial charge is 0.171 e. The number of carbonyl (C=O) groups is 1. The average Bonchev–Trinajstić information content (AvgIpc) is 2.51. The Morgan fingerprint density at radius 2 is 2.24 bits per heavy atom. The standard InChI is InChI=1S/C17H24ClNO2/c1-4-8-21-14-9-11(2)16(18)12(3)15(14)17(20)13-6-5-7-19-10-13/h9,13,19H,4-8,10H2,1-3H3. The highest BCUT2D eigenvalue weighted by atomic mass is 35.5. The van der Waals surface area contributed by atoms with E-state index in [0.717, 1.165) is 43.5 Å². The Bertz CT molecular complexity index is 522. The second-order valence-corrected chi connectivity index (χ2v) is 6.14. The third-order valence-electron chi connectivity index (χ3n) is 4.02. The van der Waals surface area contributed by atoms with Gasteiger partial charge < -0.3 is 10.1 Å². The molecule has 1 saturated heterocycles. The molecule has 0 saturated carbocycles. The van der Waals surface area contributed by atoms with Crippen LogP contribution in [-0.2, 0) is 0 Å². The first-order chi connectivity index (χ1) is 10.1. The van der Waals surface area contributed by atoms with Crippen LogP contribution in [0.2, 0.25) is 5.02 Å². The van der Waals surface area contributed by atoms with Crippen LogP contribution in [0.3, 0.4) is 0 Å². The summed E-state index contributed by atoms with van der Waals surface area (Å²) in [7, 11) is 0. The molecule has 3 nitrogen and oxygen atoms in total. The van der Waals surface area contributed by atoms with Crippen LogP contribution in [-0.4, -0.2) is 25.5 Å². The van der Waals surface area contributed by atoms with E-state index in [1.807, 2.05) is 19.9 Å². The molecular weight excluding hydrogens is 286 g/mol. The van der Waals surface area contributed by atoms with Crippen molar-refractivity contribution < 1.29 is 9.53 Å². The normalized spacial score (nSPS) is 18.6. The lowest BCUT2D eigenvalue weighted by molar-refractivity contribution is 0.0895. The maximum atomic E-state index is 12.9. The lowest BCUT2D eigenvalue weighted by atomic mass is 9.88. The molecule has 4 heteroatoms. The lowest BCUT2D eigenvalue weighted by Gasteiger charge is -2.24. The van der Waals surface area contributed by atoms with Crippen molar-refractivity contribution in [2.45, 2.75) is 40.0 Å². The molecule has 2 rings (SSSR count). The lowest BCUT2D eigenvalue weighted by Crippen LogP contribution is -2.34. The molecular formula is C17H24ClNO2. The molecule has 1 aliphatic rings. The van der Waals surface area contributed by atoms with Crippen molar-refractivity contribution in [2.24, 2.45) is 5.92 Å². The number of rotatable bonds is 5. The second kappa shape index (κ2) is 7.28. The summed E-state index contributed by atoms with van der Waals surface area (Å²) in [6, 6.07) is 1.90. The van der Waals surface area contributed by atoms with E-state index in [-0.39, 0.29) is 11.7 Å². The highest BCUT2D eigenvalue weighted by molar-refractivity contribution is 6.32. The summed E-state index contributed by atoms with van der Waals surface area (Å²) >= 11 is 6.35. The fourth-order valence-electron chi connectivity index (χ4n) is 2.83. The molecule has 0 aromatic heterocycles. The van der Waals surface area contributed by atoms with Crippen molar-refractivity contribution in [1.29, 1.82) is 0 Å². The number of piperidine rings is 1. The van der Waals surface area contributed by atoms with Crippen molar-refractivity contribution in [3.8, 4) is 5.75 Å². The molecule has 1 aromatic rings. The Hall–Kier alpha value is -1.06. The summed E-state index contributed by atoms with van der Waals surface area (Å²) in [6.07, 6.45) is 2.89. The number of nitrogens with one attached hydrogen (secondary N) is 1. The van der Waals surface area contributed by atoms with Crippen LogP contribution >= 0.6 is 11.6 Å². The second-order valence-electron chi connectivity index (χ2n) is 5.76. The van der Waals surface area contributed by atoms with Crippen LogP contribution in [0.4, 0.5) is 0 Å². The molecule has 0 radical (unpaired) electrons. The van der Waals surface area contributed by atoms with Crippen LogP contribution in [0, 0.1) is 19.8 Å². The third-order valence-corrected chi connectivity index (χ3v) is 4.60. The number of ketones is 1. The fourth-order valence-corrected chi connectivity index (χ4v) is 2.98. The average molecular weight is 310 g/mol. The van der Waals surface area contributed by atoms with E-state index in [1.165, 1.54) is 0 Å². The van der Waals surface area contributed by atoms with Gasteiger partial charge in [-0.25, -0.2) is 0 Å². The molecule has 1 aromatic carbocycles. The number of aryl methyl sites for hydroxylation is 1. The SMILES string of the molecule is CCCOc1cc(C)c(Cl)c(C)c1C(=O)C1CCCNC1. The van der Waals surface area contributed by atoms with Crippen molar-refractivity contribution in [3.05, 3.63) is 27.8 Å². The molecule has 1 fully saturated rings. The molecule has 1 N–H and O–H groups in total. The Balaban J connectivity index is 2.38. The van der Waals surface area contributed by atoms with Crippen LogP contribution in [0.5, 0.6) is 5.75 Å². The summed E-state index contributed by atoms with van der Waals surface area (Å²) in [5, 5.41) is 3.97. The first-order valence-corrected chi connectivity index (χ1v) is 8.11. The van der Waals surface area contributed by atoms with Gasteiger partial charge in [-0.15, -0.1) is 0 Å². The van der Waals surface area contributed by atoms with Gasteiger partial charge in [-0.3, -0.25) is 4.79 Å². The summed E-state index contributed by atoms with van der Waals surface area (Å²) in [6.45, 7) is 8.28. The molecule has 0 aliphatic carbocycles. The van der Waals surface area contributed by atoms with E-state index in [4.69, 9.17) is 16.3 Å². The first-order valence-electron chi connectivity index (χ1n) is 7.73. The molecule has 1 aliphatic heterocycles. The number of benzene rings is 1. The van der Waals surface area contributed by atoms with Crippen molar-refractivity contribution >= 4 is 17.4 Å². The predicted molar refractivity (Wildman–Crippen MR) is 86.6 cm³/mol. The Labute approximate surface area is 132 Å². The van der Waals surface area contributed by atoms with Crippen LogP contribution in [0.15, 0.2) is 6.07 Å². The van der Waals surface area contributed by atoms with Gasteiger partial charge in [0, 0.05) is 17.5 Å². The predicted octanol–water partition coefficient (Wildman–Crippen LogP) is 3.93. The number of hydrogen-bond acceptors (Lipinski definition) is 3. The number of Topliss-reactive ketones (excluding diaryl/α,β-unsaturated/α-hetero) is 1. The van der Waals surface area contributed by atoms with Gasteiger partial charge in [0.25, 0.3) is 0 Å². The zero-order valence-corrected chi connectivity index (χ0v) is 13.8. The zero-order valence-electron chi connectivity index (χ0n) is 13.1. The maximum Gasteiger partial charge on any atom is 0.171 e. The van der Waals surface area contributed by atoms with E-state index in [9.17, 15) is 4.79 Å². The minimum atomic E-state index is 0.0280. The molecule has 1 unspecified atom stereocenters. The molecule has 0 spiro atoms. The van der Waals surface area contributed by atoms with E-state index < -0.39 is 0 Å². The van der Waals surface area contributed by atoms with Crippen LogP contribution in [0.1, 0.15) is 47.7 Å². The van der Waals surface area contributed by atoms with Crippen molar-refractivity contribution in [2.75, 3.05) is 19.7 Å². The largest absolute Gasteiger partial charge is 0.493 e. The summed E-state index contributed by atoms with van der Waals surface area (Å²) in [5.41, 5.74) is 2.48. The monoisotopic (exact) mass is 309 g/mol. The van der Waals surface area contributed by atoms with Gasteiger partial charge in [0.05, 0.1) is 12.2 Å². The van der Waals surface area contributed by atoms with Gasteiger partial charge in [-0.05, 0) is 56.8 Å². The van der Waals surface area contributed by atoms with Gasteiger partial charge in [-0.2, -0.15) is 0 Å². The highest BCUT2D eigenvalue weighted by Crippen LogP contribution is 2.34. The summed E-state index contributed by atoms with van der Waals surface area (Å²) in [4.78, 5) is 12.9. The first kappa shape index (κ1) is 16.3. The van der Waals surface area contributed by atoms with Gasteiger partial charge in [0.15, 0.2) is 5.78 Å². The minimum absolute atomic E-state index is 0.0280. The molecule has 1 heterocycles. The quantitative estimate of drug-likeness (QED) is 0.838. The molecule has 21 heavy (non-hydrogen) atoms. The molecule has 116 valence electrons. The van der Waals surface area contributed by atoms with E-state index >= 15 is 0 Å². The maximum absolute atomic E-state index is 12.9. The number of ether oxygens (including phenoxy) is 1. The number of carbonyl (C=O) groups excluding carboxylic acids is 1. The fraction of sp³-hybridized carbons (Fsp3) is 0.588. The number of halogens is 1. The highest BCUT2D eigenvalue weighted by Gasteiger charge is 2.27. The van der Waals surface area contributed by atoms with Crippen molar-refractivity contribution in [1.82, 2.24) is 5.32 Å². The van der Waals surface area contributed by atoms with Crippen LogP contribution < -0.4 is 10.1 Å². The van der Waals surface area contributed by atoms with Crippen LogP contribution in [0.25, 0.3) is 0 Å². The van der Waals surface area contributed by atoms with E-state index in [1.54, 1.807) is 0 Å². The van der Waals surface area contributed by atoms with Gasteiger partial charge in [-0.1, -0.05) is 18.5 Å². The molecule has 1 atom stereocenters. The zero-order chi connectivity index (χ0) is 15.4. The summed E-state index contributed by atoms with van der Waals surface area (Å²) in [5.74, 6) is 0.875. The van der Waals surface area contributed by atoms with Gasteiger partial charge >= 0.3 is 0 Å². The topological polar surface area (TPSA) is 38.3 Å². The Morgan fingerprint density at radius 1 is 1.48 bits per heavy atom. The third kappa shape index (κ3) is 3.58.